The number of piperidine rings is 1. The Balaban J connectivity index is 1.52. The SMILES string of the molecule is COc1cccc(NC(=O)CN(C)C(=O)C2CCCN(C(=O)Cc3ccccc3)C2)c1. The van der Waals surface area contributed by atoms with Crippen molar-refractivity contribution in [3.05, 3.63) is 60.2 Å². The molecular weight excluding hydrogens is 394 g/mol. The number of ether oxygens (including phenoxy) is 1. The van der Waals surface area contributed by atoms with Crippen LogP contribution in [0.4, 0.5) is 5.69 Å². The Bertz CT molecular complexity index is 916. The number of anilines is 1. The lowest BCUT2D eigenvalue weighted by molar-refractivity contribution is -0.141. The lowest BCUT2D eigenvalue weighted by Crippen LogP contribution is -2.47. The van der Waals surface area contributed by atoms with Crippen molar-refractivity contribution in [2.24, 2.45) is 5.92 Å². The van der Waals surface area contributed by atoms with E-state index in [9.17, 15) is 14.4 Å². The van der Waals surface area contributed by atoms with Gasteiger partial charge in [-0.1, -0.05) is 36.4 Å². The Labute approximate surface area is 183 Å². The predicted molar refractivity (Wildman–Crippen MR) is 119 cm³/mol. The standard InChI is InChI=1S/C24H29N3O4/c1-26(17-22(28)25-20-11-6-12-21(15-20)31-2)24(30)19-10-7-13-27(16-19)23(29)14-18-8-4-3-5-9-18/h3-6,8-9,11-12,15,19H,7,10,13-14,16-17H2,1-2H3,(H,25,28). The Morgan fingerprint density at radius 2 is 1.90 bits per heavy atom. The van der Waals surface area contributed by atoms with Gasteiger partial charge in [-0.05, 0) is 30.5 Å². The van der Waals surface area contributed by atoms with E-state index in [1.165, 1.54) is 4.90 Å². The first-order valence-electron chi connectivity index (χ1n) is 10.5. The van der Waals surface area contributed by atoms with Gasteiger partial charge in [0.25, 0.3) is 0 Å². The number of nitrogens with one attached hydrogen (secondary N) is 1. The number of likely N-dealkylation sites (tertiary alicyclic amines) is 1. The molecule has 1 unspecified atom stereocenters. The number of likely N-dealkylation sites (N-methyl/N-ethyl adjacent to an activating group) is 1. The van der Waals surface area contributed by atoms with E-state index in [1.807, 2.05) is 30.3 Å². The lowest BCUT2D eigenvalue weighted by Gasteiger charge is -2.34. The lowest BCUT2D eigenvalue weighted by atomic mass is 9.96. The average molecular weight is 424 g/mol. The number of carbonyl (C=O) groups excluding carboxylic acids is 3. The van der Waals surface area contributed by atoms with Gasteiger partial charge in [-0.2, -0.15) is 0 Å². The molecule has 2 aromatic rings. The monoisotopic (exact) mass is 423 g/mol. The van der Waals surface area contributed by atoms with Gasteiger partial charge in [0.2, 0.25) is 17.7 Å². The number of hydrogen-bond donors (Lipinski definition) is 1. The van der Waals surface area contributed by atoms with E-state index < -0.39 is 0 Å². The van der Waals surface area contributed by atoms with Gasteiger partial charge in [0.1, 0.15) is 5.75 Å². The van der Waals surface area contributed by atoms with E-state index in [0.717, 1.165) is 18.4 Å². The van der Waals surface area contributed by atoms with Crippen LogP contribution in [0, 0.1) is 5.92 Å². The molecule has 2 aromatic carbocycles. The molecule has 164 valence electrons. The molecule has 3 amide bonds. The molecule has 0 bridgehead atoms. The van der Waals surface area contributed by atoms with Gasteiger partial charge >= 0.3 is 0 Å². The Hall–Kier alpha value is -3.35. The van der Waals surface area contributed by atoms with Crippen LogP contribution in [0.3, 0.4) is 0 Å². The van der Waals surface area contributed by atoms with Crippen LogP contribution in [0.15, 0.2) is 54.6 Å². The van der Waals surface area contributed by atoms with Crippen LogP contribution in [0.1, 0.15) is 18.4 Å². The molecule has 0 spiro atoms. The highest BCUT2D eigenvalue weighted by atomic mass is 16.5. The number of amides is 3. The van der Waals surface area contributed by atoms with E-state index in [0.29, 0.717) is 30.9 Å². The third kappa shape index (κ3) is 6.31. The average Bonchev–Trinajstić information content (AvgIpc) is 2.79. The van der Waals surface area contributed by atoms with E-state index in [4.69, 9.17) is 4.74 Å². The van der Waals surface area contributed by atoms with Gasteiger partial charge in [-0.3, -0.25) is 14.4 Å². The topological polar surface area (TPSA) is 79.0 Å². The number of methoxy groups -OCH3 is 1. The molecule has 1 heterocycles. The smallest absolute Gasteiger partial charge is 0.243 e. The molecule has 1 atom stereocenters. The van der Waals surface area contributed by atoms with E-state index in [-0.39, 0.29) is 30.2 Å². The van der Waals surface area contributed by atoms with Crippen molar-refractivity contribution in [2.45, 2.75) is 19.3 Å². The quantitative estimate of drug-likeness (QED) is 0.742. The number of hydrogen-bond acceptors (Lipinski definition) is 4. The Morgan fingerprint density at radius 3 is 2.65 bits per heavy atom. The molecule has 1 fully saturated rings. The molecule has 1 N–H and O–H groups in total. The van der Waals surface area contributed by atoms with Gasteiger partial charge in [-0.25, -0.2) is 0 Å². The van der Waals surface area contributed by atoms with Crippen LogP contribution >= 0.6 is 0 Å². The van der Waals surface area contributed by atoms with Gasteiger partial charge in [-0.15, -0.1) is 0 Å². The highest BCUT2D eigenvalue weighted by Crippen LogP contribution is 2.20. The van der Waals surface area contributed by atoms with Gasteiger partial charge in [0.15, 0.2) is 0 Å². The van der Waals surface area contributed by atoms with Crippen LogP contribution in [0.5, 0.6) is 5.75 Å². The minimum atomic E-state index is -0.289. The second-order valence-corrected chi connectivity index (χ2v) is 7.82. The molecule has 0 saturated carbocycles. The van der Waals surface area contributed by atoms with Crippen molar-refractivity contribution in [3.63, 3.8) is 0 Å². The summed E-state index contributed by atoms with van der Waals surface area (Å²) < 4.78 is 5.15. The van der Waals surface area contributed by atoms with Crippen molar-refractivity contribution in [1.29, 1.82) is 0 Å². The summed E-state index contributed by atoms with van der Waals surface area (Å²) in [5.74, 6) is -0.00941. The summed E-state index contributed by atoms with van der Waals surface area (Å²) in [4.78, 5) is 41.1. The minimum absolute atomic E-state index is 0.0297. The van der Waals surface area contributed by atoms with Crippen LogP contribution in [0.2, 0.25) is 0 Å². The van der Waals surface area contributed by atoms with Gasteiger partial charge < -0.3 is 19.9 Å². The molecule has 0 radical (unpaired) electrons. The maximum Gasteiger partial charge on any atom is 0.243 e. The summed E-state index contributed by atoms with van der Waals surface area (Å²) in [6.07, 6.45) is 1.83. The second-order valence-electron chi connectivity index (χ2n) is 7.82. The van der Waals surface area contributed by atoms with Crippen molar-refractivity contribution < 1.29 is 19.1 Å². The minimum Gasteiger partial charge on any atom is -0.497 e. The first-order valence-corrected chi connectivity index (χ1v) is 10.5. The highest BCUT2D eigenvalue weighted by molar-refractivity contribution is 5.95. The molecule has 0 aromatic heterocycles. The molecule has 7 heteroatoms. The predicted octanol–water partition coefficient (Wildman–Crippen LogP) is 2.57. The molecule has 1 aliphatic rings. The summed E-state index contributed by atoms with van der Waals surface area (Å²) >= 11 is 0. The summed E-state index contributed by atoms with van der Waals surface area (Å²) in [6.45, 7) is 1.01. The largest absolute Gasteiger partial charge is 0.497 e. The molecule has 31 heavy (non-hydrogen) atoms. The summed E-state index contributed by atoms with van der Waals surface area (Å²) in [5, 5.41) is 2.78. The highest BCUT2D eigenvalue weighted by Gasteiger charge is 2.30. The van der Waals surface area contributed by atoms with Crippen LogP contribution in [0.25, 0.3) is 0 Å². The summed E-state index contributed by atoms with van der Waals surface area (Å²) in [7, 11) is 3.18. The van der Waals surface area contributed by atoms with Crippen molar-refractivity contribution in [2.75, 3.05) is 39.1 Å². The number of benzene rings is 2. The molecule has 7 nitrogen and oxygen atoms in total. The first kappa shape index (κ1) is 22.3. The zero-order chi connectivity index (χ0) is 22.2. The number of nitrogens with zero attached hydrogens (tertiary/aromatic N) is 2. The van der Waals surface area contributed by atoms with Crippen molar-refractivity contribution >= 4 is 23.4 Å². The fraction of sp³-hybridized carbons (Fsp3) is 0.375. The van der Waals surface area contributed by atoms with E-state index in [2.05, 4.69) is 5.32 Å². The van der Waals surface area contributed by atoms with E-state index >= 15 is 0 Å². The molecule has 3 rings (SSSR count). The van der Waals surface area contributed by atoms with Crippen LogP contribution in [-0.2, 0) is 20.8 Å². The maximum atomic E-state index is 12.9. The van der Waals surface area contributed by atoms with Crippen molar-refractivity contribution in [1.82, 2.24) is 9.80 Å². The number of carbonyl (C=O) groups is 3. The van der Waals surface area contributed by atoms with Gasteiger partial charge in [0, 0.05) is 31.9 Å². The maximum absolute atomic E-state index is 12.9. The van der Waals surface area contributed by atoms with Gasteiger partial charge in [0.05, 0.1) is 26.0 Å². The first-order chi connectivity index (χ1) is 15.0. The fourth-order valence-corrected chi connectivity index (χ4v) is 3.79. The van der Waals surface area contributed by atoms with Crippen molar-refractivity contribution in [3.8, 4) is 5.75 Å². The van der Waals surface area contributed by atoms with E-state index in [1.54, 1.807) is 43.3 Å². The third-order valence-electron chi connectivity index (χ3n) is 5.43. The second kappa shape index (κ2) is 10.6. The van der Waals surface area contributed by atoms with Crippen LogP contribution < -0.4 is 10.1 Å². The molecule has 1 aliphatic heterocycles. The third-order valence-corrected chi connectivity index (χ3v) is 5.43. The Kier molecular flexibility index (Phi) is 7.65. The molecule has 1 saturated heterocycles. The summed E-state index contributed by atoms with van der Waals surface area (Å²) in [6, 6.07) is 16.7. The zero-order valence-electron chi connectivity index (χ0n) is 18.0. The Morgan fingerprint density at radius 1 is 1.13 bits per heavy atom. The molecule has 0 aliphatic carbocycles. The number of rotatable bonds is 7. The summed E-state index contributed by atoms with van der Waals surface area (Å²) in [5.41, 5.74) is 1.58. The van der Waals surface area contributed by atoms with Crippen LogP contribution in [-0.4, -0.2) is 61.3 Å². The normalized spacial score (nSPS) is 15.8. The fourth-order valence-electron chi connectivity index (χ4n) is 3.79. The zero-order valence-corrected chi connectivity index (χ0v) is 18.0. The molecular formula is C24H29N3O4.